The molecule has 0 bridgehead atoms. The fourth-order valence-electron chi connectivity index (χ4n) is 7.19. The first-order valence-electron chi connectivity index (χ1n) is 10.7. The van der Waals surface area contributed by atoms with Gasteiger partial charge in [0.15, 0.2) is 0 Å². The van der Waals surface area contributed by atoms with Gasteiger partial charge in [-0.2, -0.15) is 0 Å². The molecule has 25 heavy (non-hydrogen) atoms. The Bertz CT molecular complexity index is 590. The third-order valence-corrected chi connectivity index (χ3v) is 8.12. The summed E-state index contributed by atoms with van der Waals surface area (Å²) in [7, 11) is 0. The Kier molecular flexibility index (Phi) is 5.24. The van der Waals surface area contributed by atoms with Gasteiger partial charge in [-0.3, -0.25) is 0 Å². The van der Waals surface area contributed by atoms with Crippen LogP contribution in [-0.4, -0.2) is 6.04 Å². The van der Waals surface area contributed by atoms with Crippen LogP contribution in [0.4, 0.5) is 5.69 Å². The van der Waals surface area contributed by atoms with E-state index in [1.807, 2.05) is 0 Å². The average Bonchev–Trinajstić information content (AvgIpc) is 2.94. The Morgan fingerprint density at radius 2 is 1.76 bits per heavy atom. The minimum Gasteiger partial charge on any atom is -0.381 e. The molecule has 1 heteroatoms. The minimum absolute atomic E-state index is 0.394. The monoisotopic (exact) mass is 341 g/mol. The predicted octanol–water partition coefficient (Wildman–Crippen LogP) is 6.95. The molecule has 0 aromatic heterocycles. The molecule has 0 amide bonds. The number of hydrogen-bond donors (Lipinski definition) is 1. The van der Waals surface area contributed by atoms with Gasteiger partial charge in [0.25, 0.3) is 0 Å². The highest BCUT2D eigenvalue weighted by Gasteiger charge is 2.54. The summed E-state index contributed by atoms with van der Waals surface area (Å²) >= 11 is 0. The van der Waals surface area contributed by atoms with E-state index in [2.05, 4.69) is 78.0 Å². The molecule has 1 nitrogen and oxygen atoms in total. The first-order chi connectivity index (χ1) is 11.9. The van der Waals surface area contributed by atoms with Gasteiger partial charge in [0.05, 0.1) is 0 Å². The summed E-state index contributed by atoms with van der Waals surface area (Å²) in [5, 5.41) is 3.99. The van der Waals surface area contributed by atoms with Crippen LogP contribution in [0.25, 0.3) is 0 Å². The van der Waals surface area contributed by atoms with E-state index in [-0.39, 0.29) is 0 Å². The van der Waals surface area contributed by atoms with Crippen molar-refractivity contribution in [3.8, 4) is 0 Å². The van der Waals surface area contributed by atoms with Crippen LogP contribution >= 0.6 is 0 Å². The molecule has 1 saturated carbocycles. The smallest absolute Gasteiger partial charge is 0.0378 e. The van der Waals surface area contributed by atoms with E-state index in [1.165, 1.54) is 24.9 Å². The van der Waals surface area contributed by atoms with Crippen molar-refractivity contribution in [3.63, 3.8) is 0 Å². The van der Waals surface area contributed by atoms with Gasteiger partial charge in [-0.15, -0.1) is 0 Å². The Morgan fingerprint density at radius 3 is 2.36 bits per heavy atom. The highest BCUT2D eigenvalue weighted by molar-refractivity contribution is 5.60. The lowest BCUT2D eigenvalue weighted by Gasteiger charge is -2.47. The summed E-state index contributed by atoms with van der Waals surface area (Å²) in [4.78, 5) is 0. The maximum atomic E-state index is 3.99. The molecule has 1 heterocycles. The number of hydrogen-bond acceptors (Lipinski definition) is 1. The van der Waals surface area contributed by atoms with Crippen LogP contribution in [0.2, 0.25) is 0 Å². The zero-order chi connectivity index (χ0) is 18.4. The minimum atomic E-state index is 0.394. The molecule has 1 N–H and O–H groups in total. The van der Waals surface area contributed by atoms with Crippen molar-refractivity contribution in [1.82, 2.24) is 0 Å². The van der Waals surface area contributed by atoms with Gasteiger partial charge in [-0.25, -0.2) is 0 Å². The molecule has 2 aliphatic rings. The molecule has 7 atom stereocenters. The molecule has 1 fully saturated rings. The average molecular weight is 342 g/mol. The molecular formula is C24H39N. The Morgan fingerprint density at radius 1 is 1.08 bits per heavy atom. The van der Waals surface area contributed by atoms with Crippen molar-refractivity contribution >= 4 is 5.69 Å². The van der Waals surface area contributed by atoms with Gasteiger partial charge in [-0.1, -0.05) is 85.9 Å². The van der Waals surface area contributed by atoms with E-state index in [0.717, 1.165) is 29.6 Å². The van der Waals surface area contributed by atoms with Crippen molar-refractivity contribution in [3.05, 3.63) is 29.8 Å². The van der Waals surface area contributed by atoms with Crippen LogP contribution in [-0.2, 0) is 0 Å². The lowest BCUT2D eigenvalue weighted by atomic mass is 9.58. The van der Waals surface area contributed by atoms with Gasteiger partial charge < -0.3 is 5.32 Å². The normalized spacial score (nSPS) is 37.6. The molecule has 0 radical (unpaired) electrons. The van der Waals surface area contributed by atoms with Crippen molar-refractivity contribution < 1.29 is 0 Å². The molecule has 1 aliphatic carbocycles. The van der Waals surface area contributed by atoms with Crippen molar-refractivity contribution in [1.29, 1.82) is 0 Å². The molecule has 0 saturated heterocycles. The van der Waals surface area contributed by atoms with Crippen molar-refractivity contribution in [2.75, 3.05) is 5.32 Å². The third-order valence-electron chi connectivity index (χ3n) is 8.12. The Hall–Kier alpha value is -0.980. The summed E-state index contributed by atoms with van der Waals surface area (Å²) in [5.74, 6) is 4.49. The highest BCUT2D eigenvalue weighted by Crippen LogP contribution is 2.60. The Labute approximate surface area is 156 Å². The molecule has 1 aromatic carbocycles. The molecular weight excluding hydrogens is 302 g/mol. The summed E-state index contributed by atoms with van der Waals surface area (Å²) in [6.07, 6.45) is 3.87. The van der Waals surface area contributed by atoms with E-state index < -0.39 is 0 Å². The molecule has 140 valence electrons. The SMILES string of the molecule is CCC1C2Nc3ccccc3C2C(C)C([C@H](C)CC)C(C)(C)C1CC. The van der Waals surface area contributed by atoms with Crippen molar-refractivity contribution in [2.45, 2.75) is 79.7 Å². The second-order valence-electron chi connectivity index (χ2n) is 9.46. The maximum Gasteiger partial charge on any atom is 0.0378 e. The van der Waals surface area contributed by atoms with Crippen molar-refractivity contribution in [2.24, 2.45) is 35.0 Å². The zero-order valence-corrected chi connectivity index (χ0v) is 17.5. The fourth-order valence-corrected chi connectivity index (χ4v) is 7.19. The van der Waals surface area contributed by atoms with Crippen LogP contribution in [0.3, 0.4) is 0 Å². The van der Waals surface area contributed by atoms with Gasteiger partial charge in [0, 0.05) is 17.6 Å². The first kappa shape index (κ1) is 18.8. The summed E-state index contributed by atoms with van der Waals surface area (Å²) in [6.45, 7) is 17.5. The fraction of sp³-hybridized carbons (Fsp3) is 0.750. The van der Waals surface area contributed by atoms with Crippen LogP contribution in [0, 0.1) is 35.0 Å². The number of anilines is 1. The van der Waals surface area contributed by atoms with E-state index in [0.29, 0.717) is 17.4 Å². The molecule has 1 aromatic rings. The van der Waals surface area contributed by atoms with Gasteiger partial charge in [0.2, 0.25) is 0 Å². The van der Waals surface area contributed by atoms with Crippen LogP contribution in [0.5, 0.6) is 0 Å². The second kappa shape index (κ2) is 6.97. The zero-order valence-electron chi connectivity index (χ0n) is 17.5. The standard InChI is InChI=1S/C24H39N/c1-8-15(4)22-16(5)21-18-13-11-12-14-20(18)25-23(21)17(9-2)19(10-3)24(22,6)7/h11-17,19,21-23,25H,8-10H2,1-7H3/t15-,16?,17?,19?,21?,22?,23?/m1/s1. The number of fused-ring (bicyclic) bond motifs is 3. The number of nitrogens with one attached hydrogen (secondary N) is 1. The summed E-state index contributed by atoms with van der Waals surface area (Å²) in [5.41, 5.74) is 3.38. The quantitative estimate of drug-likeness (QED) is 0.624. The third kappa shape index (κ3) is 2.82. The molecule has 0 spiro atoms. The van der Waals surface area contributed by atoms with Gasteiger partial charge in [-0.05, 0) is 46.6 Å². The van der Waals surface area contributed by atoms with E-state index in [4.69, 9.17) is 0 Å². The summed E-state index contributed by atoms with van der Waals surface area (Å²) < 4.78 is 0. The number of rotatable bonds is 4. The lowest BCUT2D eigenvalue weighted by Crippen LogP contribution is -2.41. The summed E-state index contributed by atoms with van der Waals surface area (Å²) in [6, 6.07) is 9.73. The van der Waals surface area contributed by atoms with Gasteiger partial charge >= 0.3 is 0 Å². The van der Waals surface area contributed by atoms with Crippen LogP contribution in [0.15, 0.2) is 24.3 Å². The first-order valence-corrected chi connectivity index (χ1v) is 10.7. The van der Waals surface area contributed by atoms with E-state index in [9.17, 15) is 0 Å². The van der Waals surface area contributed by atoms with Crippen LogP contribution in [0.1, 0.15) is 79.2 Å². The molecule has 6 unspecified atom stereocenters. The lowest BCUT2D eigenvalue weighted by molar-refractivity contribution is 0.0200. The Balaban J connectivity index is 2.15. The maximum absolute atomic E-state index is 3.99. The van der Waals surface area contributed by atoms with E-state index in [1.54, 1.807) is 5.56 Å². The van der Waals surface area contributed by atoms with Gasteiger partial charge in [0.1, 0.15) is 0 Å². The second-order valence-corrected chi connectivity index (χ2v) is 9.46. The largest absolute Gasteiger partial charge is 0.381 e. The molecule has 3 rings (SSSR count). The van der Waals surface area contributed by atoms with Crippen LogP contribution < -0.4 is 5.32 Å². The predicted molar refractivity (Wildman–Crippen MR) is 110 cm³/mol. The topological polar surface area (TPSA) is 12.0 Å². The number of para-hydroxylation sites is 1. The van der Waals surface area contributed by atoms with E-state index >= 15 is 0 Å². The number of benzene rings is 1. The highest BCUT2D eigenvalue weighted by atomic mass is 15.0. The molecule has 1 aliphatic heterocycles.